The summed E-state index contributed by atoms with van der Waals surface area (Å²) in [6.45, 7) is 0. The molecule has 0 amide bonds. The van der Waals surface area contributed by atoms with Gasteiger partial charge in [0.1, 0.15) is 22.9 Å². The molecule has 0 saturated carbocycles. The molecule has 0 fully saturated rings. The fourth-order valence-corrected chi connectivity index (χ4v) is 1.85. The first kappa shape index (κ1) is 12.0. The summed E-state index contributed by atoms with van der Waals surface area (Å²) in [5.74, 6) is 0.220. The Morgan fingerprint density at radius 2 is 1.55 bits per heavy atom. The molecule has 2 aromatic carbocycles. The second-order valence-corrected chi connectivity index (χ2v) is 4.27. The monoisotopic (exact) mass is 269 g/mol. The van der Waals surface area contributed by atoms with Gasteiger partial charge in [0, 0.05) is 5.56 Å². The van der Waals surface area contributed by atoms with Crippen LogP contribution in [-0.4, -0.2) is 30.3 Å². The number of phenols is 3. The highest BCUT2D eigenvalue weighted by Gasteiger charge is 2.10. The van der Waals surface area contributed by atoms with Gasteiger partial charge in [-0.25, -0.2) is 4.68 Å². The summed E-state index contributed by atoms with van der Waals surface area (Å²) < 4.78 is 1.51. The topological polar surface area (TPSA) is 91.4 Å². The molecule has 100 valence electrons. The molecule has 0 saturated heterocycles. The van der Waals surface area contributed by atoms with E-state index in [1.54, 1.807) is 30.5 Å². The number of hydrogen-bond donors (Lipinski definition) is 3. The van der Waals surface area contributed by atoms with E-state index in [1.807, 2.05) is 0 Å². The largest absolute Gasteiger partial charge is 0.508 e. The minimum Gasteiger partial charge on any atom is -0.508 e. The molecule has 6 heteroatoms. The molecule has 1 aromatic heterocycles. The highest BCUT2D eigenvalue weighted by Crippen LogP contribution is 2.30. The molecule has 0 aliphatic heterocycles. The van der Waals surface area contributed by atoms with Gasteiger partial charge in [-0.05, 0) is 42.5 Å². The van der Waals surface area contributed by atoms with Gasteiger partial charge in [0.05, 0.1) is 11.9 Å². The fraction of sp³-hybridized carbons (Fsp3) is 0. The molecular formula is C14H11N3O3. The van der Waals surface area contributed by atoms with Gasteiger partial charge in [0.15, 0.2) is 0 Å². The average molecular weight is 269 g/mol. The molecule has 0 aliphatic rings. The average Bonchev–Trinajstić information content (AvgIpc) is 2.92. The molecule has 0 spiro atoms. The van der Waals surface area contributed by atoms with Crippen LogP contribution in [0.25, 0.3) is 16.9 Å². The zero-order valence-electron chi connectivity index (χ0n) is 10.3. The lowest BCUT2D eigenvalue weighted by molar-refractivity contribution is 0.461. The molecule has 0 radical (unpaired) electrons. The van der Waals surface area contributed by atoms with Gasteiger partial charge in [0.2, 0.25) is 0 Å². The molecule has 3 rings (SSSR count). The summed E-state index contributed by atoms with van der Waals surface area (Å²) in [5, 5.41) is 36.4. The van der Waals surface area contributed by atoms with Gasteiger partial charge in [-0.1, -0.05) is 5.21 Å². The molecule has 0 unspecified atom stereocenters. The number of aromatic nitrogens is 3. The number of phenolic OH excluding ortho intramolecular Hbond substituents is 3. The maximum Gasteiger partial charge on any atom is 0.125 e. The molecule has 3 aromatic rings. The van der Waals surface area contributed by atoms with Crippen LogP contribution in [0.2, 0.25) is 0 Å². The predicted molar refractivity (Wildman–Crippen MR) is 71.8 cm³/mol. The van der Waals surface area contributed by atoms with E-state index in [9.17, 15) is 15.3 Å². The summed E-state index contributed by atoms with van der Waals surface area (Å²) in [6.07, 6.45) is 1.63. The quantitative estimate of drug-likeness (QED) is 0.619. The number of hydrogen-bond acceptors (Lipinski definition) is 5. The number of nitrogens with zero attached hydrogens (tertiary/aromatic N) is 3. The molecule has 0 bridgehead atoms. The van der Waals surface area contributed by atoms with Crippen LogP contribution in [0.15, 0.2) is 48.7 Å². The third kappa shape index (κ3) is 2.14. The van der Waals surface area contributed by atoms with Crippen LogP contribution in [0.5, 0.6) is 17.2 Å². The van der Waals surface area contributed by atoms with Gasteiger partial charge >= 0.3 is 0 Å². The maximum atomic E-state index is 9.78. The van der Waals surface area contributed by atoms with Crippen LogP contribution >= 0.6 is 0 Å². The minimum absolute atomic E-state index is 0.0144. The second-order valence-electron chi connectivity index (χ2n) is 4.27. The fourth-order valence-electron chi connectivity index (χ4n) is 1.85. The molecule has 0 atom stereocenters. The summed E-state index contributed by atoms with van der Waals surface area (Å²) in [5.41, 5.74) is 1.56. The lowest BCUT2D eigenvalue weighted by atomic mass is 10.1. The van der Waals surface area contributed by atoms with Gasteiger partial charge < -0.3 is 15.3 Å². The van der Waals surface area contributed by atoms with Crippen LogP contribution in [-0.2, 0) is 0 Å². The predicted octanol–water partition coefficient (Wildman–Crippen LogP) is 2.05. The van der Waals surface area contributed by atoms with Crippen LogP contribution in [0, 0.1) is 0 Å². The van der Waals surface area contributed by atoms with Crippen molar-refractivity contribution in [2.24, 2.45) is 0 Å². The first-order valence-corrected chi connectivity index (χ1v) is 5.87. The highest BCUT2D eigenvalue weighted by molar-refractivity contribution is 5.67. The Bertz CT molecular complexity index is 751. The van der Waals surface area contributed by atoms with Crippen molar-refractivity contribution in [2.45, 2.75) is 0 Å². The smallest absolute Gasteiger partial charge is 0.125 e. The highest BCUT2D eigenvalue weighted by atomic mass is 16.3. The number of rotatable bonds is 2. The third-order valence-electron chi connectivity index (χ3n) is 2.86. The Morgan fingerprint density at radius 1 is 0.850 bits per heavy atom. The van der Waals surface area contributed by atoms with Crippen molar-refractivity contribution in [1.82, 2.24) is 15.0 Å². The SMILES string of the molecule is Oc1ccc(-n2cc(-c3cc(O)ccc3O)nn2)cc1. The Balaban J connectivity index is 2.01. The zero-order valence-corrected chi connectivity index (χ0v) is 10.3. The lowest BCUT2D eigenvalue weighted by Gasteiger charge is -2.01. The minimum atomic E-state index is 0.0144. The van der Waals surface area contributed by atoms with E-state index in [-0.39, 0.29) is 17.2 Å². The van der Waals surface area contributed by atoms with Crippen LogP contribution in [0.3, 0.4) is 0 Å². The normalized spacial score (nSPS) is 10.6. The Labute approximate surface area is 114 Å². The molecule has 1 heterocycles. The molecule has 6 nitrogen and oxygen atoms in total. The third-order valence-corrected chi connectivity index (χ3v) is 2.86. The Kier molecular flexibility index (Phi) is 2.76. The van der Waals surface area contributed by atoms with Crippen molar-refractivity contribution >= 4 is 0 Å². The van der Waals surface area contributed by atoms with E-state index in [1.165, 1.54) is 22.9 Å². The van der Waals surface area contributed by atoms with Gasteiger partial charge in [0.25, 0.3) is 0 Å². The lowest BCUT2D eigenvalue weighted by Crippen LogP contribution is -1.93. The molecule has 20 heavy (non-hydrogen) atoms. The van der Waals surface area contributed by atoms with Crippen molar-refractivity contribution in [3.63, 3.8) is 0 Å². The Hall–Kier alpha value is -3.02. The summed E-state index contributed by atoms with van der Waals surface area (Å²) in [7, 11) is 0. The van der Waals surface area contributed by atoms with Crippen molar-refractivity contribution in [2.75, 3.05) is 0 Å². The van der Waals surface area contributed by atoms with E-state index < -0.39 is 0 Å². The van der Waals surface area contributed by atoms with Gasteiger partial charge in [-0.2, -0.15) is 0 Å². The van der Waals surface area contributed by atoms with E-state index in [0.29, 0.717) is 11.3 Å². The number of aromatic hydroxyl groups is 3. The summed E-state index contributed by atoms with van der Waals surface area (Å²) in [6, 6.07) is 10.7. The van der Waals surface area contributed by atoms with Crippen molar-refractivity contribution in [3.8, 4) is 34.2 Å². The van der Waals surface area contributed by atoms with Gasteiger partial charge in [-0.15, -0.1) is 5.10 Å². The van der Waals surface area contributed by atoms with Crippen molar-refractivity contribution in [1.29, 1.82) is 0 Å². The maximum absolute atomic E-state index is 9.78. The van der Waals surface area contributed by atoms with E-state index in [4.69, 9.17) is 0 Å². The first-order chi connectivity index (χ1) is 9.63. The first-order valence-electron chi connectivity index (χ1n) is 5.87. The second kappa shape index (κ2) is 4.58. The van der Waals surface area contributed by atoms with E-state index >= 15 is 0 Å². The van der Waals surface area contributed by atoms with Crippen LogP contribution in [0.4, 0.5) is 0 Å². The van der Waals surface area contributed by atoms with Crippen LogP contribution < -0.4 is 0 Å². The molecular weight excluding hydrogens is 258 g/mol. The summed E-state index contributed by atoms with van der Waals surface area (Å²) >= 11 is 0. The van der Waals surface area contributed by atoms with E-state index in [2.05, 4.69) is 10.3 Å². The summed E-state index contributed by atoms with van der Waals surface area (Å²) in [4.78, 5) is 0. The Morgan fingerprint density at radius 3 is 2.30 bits per heavy atom. The van der Waals surface area contributed by atoms with E-state index in [0.717, 1.165) is 5.69 Å². The molecule has 3 N–H and O–H groups in total. The number of benzene rings is 2. The van der Waals surface area contributed by atoms with Gasteiger partial charge in [-0.3, -0.25) is 0 Å². The van der Waals surface area contributed by atoms with Crippen LogP contribution in [0.1, 0.15) is 0 Å². The standard InChI is InChI=1S/C14H11N3O3/c18-10-3-1-9(2-4-10)17-8-13(15-16-17)12-7-11(19)5-6-14(12)20/h1-8,18-20H. The molecule has 0 aliphatic carbocycles. The van der Waals surface area contributed by atoms with Crippen molar-refractivity contribution < 1.29 is 15.3 Å². The zero-order chi connectivity index (χ0) is 14.1. The van der Waals surface area contributed by atoms with Crippen molar-refractivity contribution in [3.05, 3.63) is 48.7 Å².